The van der Waals surface area contributed by atoms with Gasteiger partial charge in [-0.1, -0.05) is 38.3 Å². The molecule has 3 unspecified atom stereocenters. The Morgan fingerprint density at radius 3 is 2.89 bits per heavy atom. The lowest BCUT2D eigenvalue weighted by atomic mass is 9.77. The van der Waals surface area contributed by atoms with Crippen LogP contribution in [0.4, 0.5) is 0 Å². The number of nitrogens with zero attached hydrogens (tertiary/aromatic N) is 1. The van der Waals surface area contributed by atoms with Crippen LogP contribution < -0.4 is 5.32 Å². The summed E-state index contributed by atoms with van der Waals surface area (Å²) in [5.41, 5.74) is 1.15. The van der Waals surface area contributed by atoms with Gasteiger partial charge in [-0.05, 0) is 49.8 Å². The highest BCUT2D eigenvalue weighted by Gasteiger charge is 2.28. The number of aromatic nitrogens is 1. The van der Waals surface area contributed by atoms with Gasteiger partial charge in [0.05, 0.1) is 16.8 Å². The summed E-state index contributed by atoms with van der Waals surface area (Å²) in [7, 11) is 0. The SMILES string of the molecule is CCCNC(c1ccc(Cl)cn1)C1CCCC(C)C1. The van der Waals surface area contributed by atoms with Crippen LogP contribution in [0.5, 0.6) is 0 Å². The van der Waals surface area contributed by atoms with E-state index in [1.54, 1.807) is 6.20 Å². The molecule has 0 bridgehead atoms. The number of hydrogen-bond acceptors (Lipinski definition) is 2. The van der Waals surface area contributed by atoms with Gasteiger partial charge >= 0.3 is 0 Å². The van der Waals surface area contributed by atoms with Crippen LogP contribution in [-0.2, 0) is 0 Å². The van der Waals surface area contributed by atoms with Crippen molar-refractivity contribution >= 4 is 11.6 Å². The fourth-order valence-corrected chi connectivity index (χ4v) is 3.28. The molecule has 0 spiro atoms. The maximum Gasteiger partial charge on any atom is 0.0589 e. The molecule has 0 aliphatic heterocycles. The van der Waals surface area contributed by atoms with Crippen molar-refractivity contribution in [1.29, 1.82) is 0 Å². The molecular formula is C16H25ClN2. The summed E-state index contributed by atoms with van der Waals surface area (Å²) in [5.74, 6) is 1.56. The number of rotatable bonds is 5. The Bertz CT molecular complexity index is 377. The minimum Gasteiger partial charge on any atom is -0.308 e. The van der Waals surface area contributed by atoms with Crippen molar-refractivity contribution in [2.75, 3.05) is 6.54 Å². The Hall–Kier alpha value is -0.600. The van der Waals surface area contributed by atoms with Crippen LogP contribution in [0.3, 0.4) is 0 Å². The smallest absolute Gasteiger partial charge is 0.0589 e. The quantitative estimate of drug-likeness (QED) is 0.852. The van der Waals surface area contributed by atoms with Crippen molar-refractivity contribution in [2.45, 2.75) is 52.0 Å². The third kappa shape index (κ3) is 4.19. The van der Waals surface area contributed by atoms with Crippen molar-refractivity contribution in [3.63, 3.8) is 0 Å². The lowest BCUT2D eigenvalue weighted by molar-refractivity contribution is 0.221. The van der Waals surface area contributed by atoms with E-state index in [1.165, 1.54) is 25.7 Å². The molecule has 3 atom stereocenters. The molecule has 1 aliphatic carbocycles. The topological polar surface area (TPSA) is 24.9 Å². The summed E-state index contributed by atoms with van der Waals surface area (Å²) in [6.07, 6.45) is 8.28. The molecule has 1 aromatic rings. The van der Waals surface area contributed by atoms with E-state index >= 15 is 0 Å². The highest BCUT2D eigenvalue weighted by atomic mass is 35.5. The van der Waals surface area contributed by atoms with E-state index in [2.05, 4.69) is 30.2 Å². The molecule has 1 aliphatic rings. The van der Waals surface area contributed by atoms with E-state index in [0.717, 1.165) is 29.6 Å². The number of nitrogens with one attached hydrogen (secondary N) is 1. The van der Waals surface area contributed by atoms with E-state index in [0.29, 0.717) is 12.0 Å². The maximum atomic E-state index is 5.95. The van der Waals surface area contributed by atoms with E-state index in [-0.39, 0.29) is 0 Å². The second-order valence-corrected chi connectivity index (χ2v) is 6.30. The Morgan fingerprint density at radius 2 is 2.26 bits per heavy atom. The number of hydrogen-bond donors (Lipinski definition) is 1. The fraction of sp³-hybridized carbons (Fsp3) is 0.688. The number of halogens is 1. The lowest BCUT2D eigenvalue weighted by Crippen LogP contribution is -2.32. The average Bonchev–Trinajstić information content (AvgIpc) is 2.41. The molecule has 0 radical (unpaired) electrons. The van der Waals surface area contributed by atoms with Crippen LogP contribution in [0.15, 0.2) is 18.3 Å². The monoisotopic (exact) mass is 280 g/mol. The minimum atomic E-state index is 0.389. The van der Waals surface area contributed by atoms with Crippen LogP contribution >= 0.6 is 11.6 Å². The van der Waals surface area contributed by atoms with Gasteiger partial charge in [0.2, 0.25) is 0 Å². The maximum absolute atomic E-state index is 5.95. The first kappa shape index (κ1) is 14.8. The first-order valence-corrected chi connectivity index (χ1v) is 7.93. The van der Waals surface area contributed by atoms with Gasteiger partial charge in [-0.25, -0.2) is 0 Å². The summed E-state index contributed by atoms with van der Waals surface area (Å²) in [4.78, 5) is 4.54. The molecule has 2 rings (SSSR count). The van der Waals surface area contributed by atoms with Crippen LogP contribution in [0, 0.1) is 11.8 Å². The van der Waals surface area contributed by atoms with E-state index in [4.69, 9.17) is 11.6 Å². The van der Waals surface area contributed by atoms with Gasteiger partial charge in [0.1, 0.15) is 0 Å². The molecule has 106 valence electrons. The lowest BCUT2D eigenvalue weighted by Gasteiger charge is -2.33. The summed E-state index contributed by atoms with van der Waals surface area (Å²) in [6.45, 7) is 5.64. The molecule has 3 heteroatoms. The highest BCUT2D eigenvalue weighted by Crippen LogP contribution is 2.36. The first-order chi connectivity index (χ1) is 9.20. The Morgan fingerprint density at radius 1 is 1.42 bits per heavy atom. The fourth-order valence-electron chi connectivity index (χ4n) is 3.17. The van der Waals surface area contributed by atoms with Crippen molar-refractivity contribution in [2.24, 2.45) is 11.8 Å². The van der Waals surface area contributed by atoms with Gasteiger partial charge in [-0.2, -0.15) is 0 Å². The Labute approximate surface area is 122 Å². The van der Waals surface area contributed by atoms with Crippen LogP contribution in [0.1, 0.15) is 57.7 Å². The summed E-state index contributed by atoms with van der Waals surface area (Å²) < 4.78 is 0. The van der Waals surface area contributed by atoms with E-state index < -0.39 is 0 Å². The van der Waals surface area contributed by atoms with Crippen LogP contribution in [0.25, 0.3) is 0 Å². The van der Waals surface area contributed by atoms with Crippen molar-refractivity contribution in [3.8, 4) is 0 Å². The third-order valence-corrected chi connectivity index (χ3v) is 4.36. The molecule has 0 saturated heterocycles. The molecule has 2 nitrogen and oxygen atoms in total. The molecule has 1 saturated carbocycles. The zero-order chi connectivity index (χ0) is 13.7. The third-order valence-electron chi connectivity index (χ3n) is 4.13. The average molecular weight is 281 g/mol. The Balaban J connectivity index is 2.12. The largest absolute Gasteiger partial charge is 0.308 e. The summed E-state index contributed by atoms with van der Waals surface area (Å²) >= 11 is 5.95. The van der Waals surface area contributed by atoms with Gasteiger partial charge in [-0.15, -0.1) is 0 Å². The van der Waals surface area contributed by atoms with Crippen LogP contribution in [-0.4, -0.2) is 11.5 Å². The molecule has 1 aromatic heterocycles. The second kappa shape index (κ2) is 7.25. The minimum absolute atomic E-state index is 0.389. The Kier molecular flexibility index (Phi) is 5.65. The van der Waals surface area contributed by atoms with Crippen molar-refractivity contribution in [1.82, 2.24) is 10.3 Å². The molecular weight excluding hydrogens is 256 g/mol. The molecule has 0 aromatic carbocycles. The van der Waals surface area contributed by atoms with Crippen molar-refractivity contribution in [3.05, 3.63) is 29.0 Å². The van der Waals surface area contributed by atoms with Gasteiger partial charge in [0.25, 0.3) is 0 Å². The van der Waals surface area contributed by atoms with Crippen LogP contribution in [0.2, 0.25) is 5.02 Å². The molecule has 1 fully saturated rings. The highest BCUT2D eigenvalue weighted by molar-refractivity contribution is 6.30. The molecule has 19 heavy (non-hydrogen) atoms. The predicted octanol–water partition coefficient (Wildman–Crippen LogP) is 4.60. The standard InChI is InChI=1S/C16H25ClN2/c1-3-9-18-16(13-6-4-5-12(2)10-13)15-8-7-14(17)11-19-15/h7-8,11-13,16,18H,3-6,9-10H2,1-2H3. The predicted molar refractivity (Wildman–Crippen MR) is 81.4 cm³/mol. The van der Waals surface area contributed by atoms with Gasteiger partial charge in [0.15, 0.2) is 0 Å². The molecule has 0 amide bonds. The molecule has 1 N–H and O–H groups in total. The second-order valence-electron chi connectivity index (χ2n) is 5.86. The van der Waals surface area contributed by atoms with Gasteiger partial charge in [-0.3, -0.25) is 4.98 Å². The normalized spacial score (nSPS) is 25.2. The van der Waals surface area contributed by atoms with Gasteiger partial charge < -0.3 is 5.32 Å². The first-order valence-electron chi connectivity index (χ1n) is 7.55. The zero-order valence-corrected chi connectivity index (χ0v) is 12.8. The summed E-state index contributed by atoms with van der Waals surface area (Å²) in [6, 6.07) is 4.42. The number of pyridine rings is 1. The summed E-state index contributed by atoms with van der Waals surface area (Å²) in [5, 5.41) is 4.41. The van der Waals surface area contributed by atoms with E-state index in [1.807, 2.05) is 6.07 Å². The van der Waals surface area contributed by atoms with Gasteiger partial charge in [0, 0.05) is 6.20 Å². The van der Waals surface area contributed by atoms with E-state index in [9.17, 15) is 0 Å². The molecule has 1 heterocycles. The van der Waals surface area contributed by atoms with Crippen molar-refractivity contribution < 1.29 is 0 Å². The zero-order valence-electron chi connectivity index (χ0n) is 12.0.